The van der Waals surface area contributed by atoms with Gasteiger partial charge in [-0.25, -0.2) is 0 Å². The van der Waals surface area contributed by atoms with Gasteiger partial charge in [0.1, 0.15) is 0 Å². The summed E-state index contributed by atoms with van der Waals surface area (Å²) in [7, 11) is 0. The van der Waals surface area contributed by atoms with Gasteiger partial charge in [0.15, 0.2) is 0 Å². The minimum atomic E-state index is 0.292. The molecule has 0 bridgehead atoms. The van der Waals surface area contributed by atoms with E-state index in [0.717, 1.165) is 63.5 Å². The van der Waals surface area contributed by atoms with Gasteiger partial charge in [-0.2, -0.15) is 0 Å². The second kappa shape index (κ2) is 18.6. The van der Waals surface area contributed by atoms with E-state index in [9.17, 15) is 0 Å². The third-order valence-electron chi connectivity index (χ3n) is 12.6. The Bertz CT molecular complexity index is 2270. The summed E-state index contributed by atoms with van der Waals surface area (Å²) in [5, 5.41) is 0. The molecule has 0 saturated heterocycles. The van der Waals surface area contributed by atoms with Gasteiger partial charge in [0, 0.05) is 29.2 Å². The monoisotopic (exact) mass is 758 g/mol. The molecule has 6 aliphatic carbocycles. The van der Waals surface area contributed by atoms with Crippen LogP contribution in [0.5, 0.6) is 0 Å². The van der Waals surface area contributed by atoms with Crippen molar-refractivity contribution in [1.29, 1.82) is 0 Å². The minimum Gasteiger partial charge on any atom is -0.365 e. The van der Waals surface area contributed by atoms with E-state index in [1.165, 1.54) is 50.6 Å². The molecule has 5 atom stereocenters. The predicted octanol–water partition coefficient (Wildman–Crippen LogP) is 14.3. The molecule has 292 valence electrons. The van der Waals surface area contributed by atoms with Crippen molar-refractivity contribution in [2.75, 3.05) is 16.3 Å². The van der Waals surface area contributed by atoms with Crippen molar-refractivity contribution in [3.63, 3.8) is 0 Å². The van der Waals surface area contributed by atoms with E-state index in [4.69, 9.17) is 0 Å². The highest BCUT2D eigenvalue weighted by Crippen LogP contribution is 2.60. The van der Waals surface area contributed by atoms with E-state index in [1.807, 2.05) is 24.3 Å². The zero-order valence-corrected chi connectivity index (χ0v) is 34.0. The standard InChI is InChI=1S/C56H58N2/c1-4-7-8-18-40-57(47-37-34-45(35-38-47)42(6-3)21-5-2)54-32-16-15-31-52(54)56-51-39-36-46(41-53(51)56)50-30-14-17-33-55(50)58(48-26-10-9-11-27-48)49-28-19-24-43-22-12-13-23-44(43)25-20-29-49/h4-6,9-10,12-17,19-22,24,26,28-37,39,41,44,47,51,53,56H,1-3,7-8,11,18,23,25,27,38,40H2/b24-19+,29-20+,42-21+,49-28+/t44?,47?,51-,53?,56?/m1/s1. The van der Waals surface area contributed by atoms with Crippen molar-refractivity contribution in [3.8, 4) is 0 Å². The van der Waals surface area contributed by atoms with Crippen LogP contribution in [-0.2, 0) is 0 Å². The number of rotatable bonds is 15. The highest BCUT2D eigenvalue weighted by Gasteiger charge is 2.50. The smallest absolute Gasteiger partial charge is 0.0536 e. The molecule has 58 heavy (non-hydrogen) atoms. The molecule has 0 N–H and O–H groups in total. The second-order valence-electron chi connectivity index (χ2n) is 16.2. The van der Waals surface area contributed by atoms with Gasteiger partial charge in [-0.3, -0.25) is 0 Å². The summed E-state index contributed by atoms with van der Waals surface area (Å²) < 4.78 is 0. The lowest BCUT2D eigenvalue weighted by Gasteiger charge is -2.35. The van der Waals surface area contributed by atoms with E-state index in [1.54, 1.807) is 0 Å². The first-order chi connectivity index (χ1) is 28.7. The molecule has 2 nitrogen and oxygen atoms in total. The van der Waals surface area contributed by atoms with Crippen molar-refractivity contribution >= 4 is 16.9 Å². The van der Waals surface area contributed by atoms with Gasteiger partial charge in [-0.05, 0) is 133 Å². The van der Waals surface area contributed by atoms with Crippen LogP contribution >= 0.6 is 0 Å². The number of fused-ring (bicyclic) bond motifs is 2. The summed E-state index contributed by atoms with van der Waals surface area (Å²) in [4.78, 5) is 5.20. The van der Waals surface area contributed by atoms with Crippen LogP contribution in [0.2, 0.25) is 0 Å². The molecule has 0 amide bonds. The molecule has 8 rings (SSSR count). The normalized spacial score (nSPS) is 26.4. The number of para-hydroxylation sites is 2. The molecule has 1 saturated carbocycles. The number of hydrogen-bond donors (Lipinski definition) is 0. The van der Waals surface area contributed by atoms with Crippen molar-refractivity contribution < 1.29 is 0 Å². The molecule has 0 heterocycles. The van der Waals surface area contributed by atoms with Gasteiger partial charge in [0.25, 0.3) is 0 Å². The minimum absolute atomic E-state index is 0.292. The lowest BCUT2D eigenvalue weighted by molar-refractivity contribution is 0.634. The van der Waals surface area contributed by atoms with Crippen molar-refractivity contribution in [2.45, 2.75) is 63.3 Å². The van der Waals surface area contributed by atoms with Crippen LogP contribution in [0.25, 0.3) is 5.57 Å². The molecular formula is C56H58N2. The van der Waals surface area contributed by atoms with E-state index in [2.05, 4.69) is 181 Å². The first-order valence-electron chi connectivity index (χ1n) is 21.6. The summed E-state index contributed by atoms with van der Waals surface area (Å²) in [5.74, 6) is 1.96. The average Bonchev–Trinajstić information content (AvgIpc) is 3.98. The fourth-order valence-corrected chi connectivity index (χ4v) is 9.51. The fraction of sp³-hybridized carbons (Fsp3) is 0.250. The topological polar surface area (TPSA) is 6.48 Å². The van der Waals surface area contributed by atoms with Crippen molar-refractivity contribution in [2.24, 2.45) is 17.8 Å². The summed E-state index contributed by atoms with van der Waals surface area (Å²) in [6.45, 7) is 13.0. The molecule has 2 aromatic rings. The Kier molecular flexibility index (Phi) is 12.5. The average molecular weight is 759 g/mol. The Labute approximate surface area is 348 Å². The van der Waals surface area contributed by atoms with Crippen LogP contribution in [0, 0.1) is 17.8 Å². The lowest BCUT2D eigenvalue weighted by atomic mass is 9.88. The van der Waals surface area contributed by atoms with Gasteiger partial charge >= 0.3 is 0 Å². The quantitative estimate of drug-likeness (QED) is 0.101. The highest BCUT2D eigenvalue weighted by molar-refractivity contribution is 5.86. The fourth-order valence-electron chi connectivity index (χ4n) is 9.51. The van der Waals surface area contributed by atoms with Gasteiger partial charge in [-0.1, -0.05) is 159 Å². The first kappa shape index (κ1) is 39.0. The summed E-state index contributed by atoms with van der Waals surface area (Å²) >= 11 is 0. The lowest BCUT2D eigenvalue weighted by Crippen LogP contribution is -2.36. The molecule has 0 aliphatic heterocycles. The van der Waals surface area contributed by atoms with E-state index in [0.29, 0.717) is 29.7 Å². The first-order valence-corrected chi connectivity index (χ1v) is 21.6. The number of allylic oxidation sites excluding steroid dienone is 24. The Balaban J connectivity index is 1.10. The number of benzene rings is 2. The zero-order valence-electron chi connectivity index (χ0n) is 34.0. The second-order valence-corrected chi connectivity index (χ2v) is 16.2. The van der Waals surface area contributed by atoms with Crippen LogP contribution in [0.15, 0.2) is 224 Å². The zero-order chi connectivity index (χ0) is 39.7. The summed E-state index contributed by atoms with van der Waals surface area (Å²) in [6.07, 6.45) is 56.1. The van der Waals surface area contributed by atoms with Gasteiger partial charge in [-0.15, -0.1) is 6.58 Å². The van der Waals surface area contributed by atoms with E-state index in [-0.39, 0.29) is 0 Å². The van der Waals surface area contributed by atoms with Crippen LogP contribution in [0.1, 0.15) is 68.4 Å². The number of hydrogen-bond acceptors (Lipinski definition) is 2. The predicted molar refractivity (Wildman–Crippen MR) is 250 cm³/mol. The third kappa shape index (κ3) is 8.53. The maximum Gasteiger partial charge on any atom is 0.0536 e. The van der Waals surface area contributed by atoms with Gasteiger partial charge in [0.05, 0.1) is 11.7 Å². The Morgan fingerprint density at radius 3 is 2.41 bits per heavy atom. The maximum absolute atomic E-state index is 4.05. The Morgan fingerprint density at radius 1 is 0.759 bits per heavy atom. The molecule has 2 heteroatoms. The summed E-state index contributed by atoms with van der Waals surface area (Å²) in [5.41, 5.74) is 13.0. The van der Waals surface area contributed by atoms with E-state index < -0.39 is 0 Å². The van der Waals surface area contributed by atoms with Crippen molar-refractivity contribution in [1.82, 2.24) is 0 Å². The molecule has 1 fully saturated rings. The Hall–Kier alpha value is -5.86. The third-order valence-corrected chi connectivity index (χ3v) is 12.6. The largest absolute Gasteiger partial charge is 0.365 e. The van der Waals surface area contributed by atoms with E-state index >= 15 is 0 Å². The highest BCUT2D eigenvalue weighted by atomic mass is 15.2. The Morgan fingerprint density at radius 2 is 1.60 bits per heavy atom. The number of anilines is 2. The molecule has 0 spiro atoms. The molecule has 0 radical (unpaired) electrons. The SMILES string of the molecule is C=C/C=C(\C=C)C1=CCC(N(CCCCC=C)c2ccccc2C2C3C=C(c4ccccc4N(C4=CC=CCC4)C4=C/C=C/C5=CC=CCC5C\C=C\4)C=C[C@H]32)C=C1. The van der Waals surface area contributed by atoms with Crippen LogP contribution in [-0.4, -0.2) is 12.6 Å². The molecule has 2 aromatic carbocycles. The van der Waals surface area contributed by atoms with Crippen LogP contribution in [0.3, 0.4) is 0 Å². The molecule has 4 unspecified atom stereocenters. The van der Waals surface area contributed by atoms with Crippen LogP contribution in [0.4, 0.5) is 11.4 Å². The number of unbranched alkanes of at least 4 members (excludes halogenated alkanes) is 2. The van der Waals surface area contributed by atoms with Crippen molar-refractivity contribution in [3.05, 3.63) is 235 Å². The maximum atomic E-state index is 4.05. The van der Waals surface area contributed by atoms with Gasteiger partial charge < -0.3 is 9.80 Å². The molecule has 0 aromatic heterocycles. The molecular weight excluding hydrogens is 701 g/mol. The summed E-state index contributed by atoms with van der Waals surface area (Å²) in [6, 6.07) is 18.6. The molecule has 6 aliphatic rings. The van der Waals surface area contributed by atoms with Crippen LogP contribution < -0.4 is 9.80 Å². The number of nitrogens with zero attached hydrogens (tertiary/aromatic N) is 2. The van der Waals surface area contributed by atoms with Gasteiger partial charge in [0.2, 0.25) is 0 Å².